The number of benzene rings is 2. The molecule has 0 aliphatic carbocycles. The first-order chi connectivity index (χ1) is 15.4. The maximum atomic E-state index is 14.0. The normalized spacial score (nSPS) is 15.1. The predicted molar refractivity (Wildman–Crippen MR) is 116 cm³/mol. The van der Waals surface area contributed by atoms with E-state index < -0.39 is 12.0 Å². The molecule has 11 heteroatoms. The van der Waals surface area contributed by atoms with Crippen LogP contribution in [0.15, 0.2) is 52.1 Å². The fourth-order valence-corrected chi connectivity index (χ4v) is 4.07. The zero-order valence-corrected chi connectivity index (χ0v) is 19.0. The van der Waals surface area contributed by atoms with Crippen molar-refractivity contribution < 1.29 is 23.4 Å². The molecule has 0 amide bonds. The Morgan fingerprint density at radius 3 is 2.78 bits per heavy atom. The molecular weight excluding hydrogens is 485 g/mol. The van der Waals surface area contributed by atoms with Crippen molar-refractivity contribution in [2.75, 3.05) is 19.5 Å². The zero-order valence-electron chi connectivity index (χ0n) is 17.4. The van der Waals surface area contributed by atoms with Gasteiger partial charge >= 0.3 is 5.97 Å². The minimum absolute atomic E-state index is 0.0118. The van der Waals surface area contributed by atoms with Gasteiger partial charge in [-0.25, -0.2) is 9.18 Å². The molecule has 0 saturated heterocycles. The number of carbonyl (C=O) groups excluding carboxylic acids is 1. The van der Waals surface area contributed by atoms with Crippen molar-refractivity contribution in [2.24, 2.45) is 0 Å². The van der Waals surface area contributed by atoms with Gasteiger partial charge in [0.15, 0.2) is 11.5 Å². The third-order valence-corrected chi connectivity index (χ3v) is 5.61. The summed E-state index contributed by atoms with van der Waals surface area (Å²) >= 11 is 3.51. The van der Waals surface area contributed by atoms with Crippen LogP contribution in [0.3, 0.4) is 0 Å². The van der Waals surface area contributed by atoms with E-state index in [1.807, 2.05) is 0 Å². The van der Waals surface area contributed by atoms with Crippen LogP contribution in [0.4, 0.5) is 10.3 Å². The van der Waals surface area contributed by atoms with Crippen molar-refractivity contribution >= 4 is 27.8 Å². The predicted octanol–water partition coefficient (Wildman–Crippen LogP) is 3.62. The van der Waals surface area contributed by atoms with Crippen molar-refractivity contribution in [1.82, 2.24) is 20.2 Å². The number of allylic oxidation sites excluding steroid dienone is 1. The van der Waals surface area contributed by atoms with Crippen LogP contribution >= 0.6 is 15.9 Å². The zero-order chi connectivity index (χ0) is 22.8. The summed E-state index contributed by atoms with van der Waals surface area (Å²) in [4.78, 5) is 12.6. The van der Waals surface area contributed by atoms with Crippen LogP contribution in [0, 0.1) is 5.82 Å². The molecule has 166 valence electrons. The Hall–Kier alpha value is -3.47. The molecule has 9 nitrogen and oxygen atoms in total. The molecule has 0 fully saturated rings. The Bertz CT molecular complexity index is 1210. The van der Waals surface area contributed by atoms with Crippen LogP contribution in [0.25, 0.3) is 0 Å². The van der Waals surface area contributed by atoms with Crippen molar-refractivity contribution in [3.63, 3.8) is 0 Å². The second-order valence-electron chi connectivity index (χ2n) is 6.92. The van der Waals surface area contributed by atoms with Crippen LogP contribution in [0.2, 0.25) is 0 Å². The lowest BCUT2D eigenvalue weighted by atomic mass is 9.95. The Kier molecular flexibility index (Phi) is 6.08. The lowest BCUT2D eigenvalue weighted by Gasteiger charge is -2.27. The fourth-order valence-electron chi connectivity index (χ4n) is 3.50. The molecule has 0 spiro atoms. The molecule has 3 aromatic rings. The third kappa shape index (κ3) is 3.91. The standard InChI is InChI=1S/C21H19BrFN5O4/c1-11-17(20(29)31-3)18(28-21(24-11)25-26-27-28)13-8-14(22)19(16(9-13)30-2)32-10-12-6-4-5-7-15(12)23/h4-9,18H,10H2,1-3H3,(H,24,25,27). The molecule has 1 atom stereocenters. The topological polar surface area (TPSA) is 100 Å². The van der Waals surface area contributed by atoms with Gasteiger partial charge in [-0.1, -0.05) is 23.3 Å². The van der Waals surface area contributed by atoms with Gasteiger partial charge in [0.25, 0.3) is 0 Å². The van der Waals surface area contributed by atoms with Gasteiger partial charge in [0.1, 0.15) is 18.5 Å². The van der Waals surface area contributed by atoms with E-state index in [0.717, 1.165) is 0 Å². The first-order valence-corrected chi connectivity index (χ1v) is 10.3. The largest absolute Gasteiger partial charge is 0.493 e. The van der Waals surface area contributed by atoms with E-state index in [1.165, 1.54) is 25.0 Å². The van der Waals surface area contributed by atoms with E-state index in [4.69, 9.17) is 14.2 Å². The van der Waals surface area contributed by atoms with Gasteiger partial charge in [0.2, 0.25) is 5.95 Å². The number of anilines is 1. The highest BCUT2D eigenvalue weighted by molar-refractivity contribution is 9.10. The van der Waals surface area contributed by atoms with Crippen molar-refractivity contribution in [3.05, 3.63) is 69.1 Å². The maximum Gasteiger partial charge on any atom is 0.338 e. The number of carbonyl (C=O) groups is 1. The molecule has 0 saturated carbocycles. The minimum atomic E-state index is -0.667. The van der Waals surface area contributed by atoms with E-state index in [9.17, 15) is 9.18 Å². The summed E-state index contributed by atoms with van der Waals surface area (Å²) in [6.45, 7) is 1.76. The monoisotopic (exact) mass is 503 g/mol. The Labute approximate surface area is 191 Å². The molecule has 2 aromatic carbocycles. The number of aromatic nitrogens is 4. The fraction of sp³-hybridized carbons (Fsp3) is 0.238. The number of esters is 1. The van der Waals surface area contributed by atoms with Crippen molar-refractivity contribution in [1.29, 1.82) is 0 Å². The average molecular weight is 504 g/mol. The van der Waals surface area contributed by atoms with Crippen LogP contribution in [-0.2, 0) is 16.1 Å². The SMILES string of the molecule is COC(=O)C1=C(C)Nc2nnnn2C1c1cc(Br)c(OCc2ccccc2F)c(OC)c1. The second kappa shape index (κ2) is 8.95. The van der Waals surface area contributed by atoms with E-state index in [-0.39, 0.29) is 12.4 Å². The molecular formula is C21H19BrFN5O4. The van der Waals surface area contributed by atoms with Gasteiger partial charge in [0, 0.05) is 11.3 Å². The summed E-state index contributed by atoms with van der Waals surface area (Å²) < 4.78 is 32.4. The molecule has 0 radical (unpaired) electrons. The molecule has 1 aliphatic rings. The number of hydrogen-bond acceptors (Lipinski definition) is 8. The number of nitrogens with zero attached hydrogens (tertiary/aromatic N) is 4. The number of methoxy groups -OCH3 is 2. The minimum Gasteiger partial charge on any atom is -0.493 e. The van der Waals surface area contributed by atoms with Gasteiger partial charge < -0.3 is 19.5 Å². The lowest BCUT2D eigenvalue weighted by molar-refractivity contribution is -0.136. The van der Waals surface area contributed by atoms with Gasteiger partial charge in [-0.15, -0.1) is 0 Å². The summed E-state index contributed by atoms with van der Waals surface area (Å²) in [6, 6.07) is 9.20. The average Bonchev–Trinajstić information content (AvgIpc) is 3.25. The van der Waals surface area contributed by atoms with E-state index in [2.05, 4.69) is 36.8 Å². The molecule has 2 heterocycles. The molecule has 1 unspecified atom stereocenters. The van der Waals surface area contributed by atoms with Gasteiger partial charge in [-0.05, 0) is 57.0 Å². The number of fused-ring (bicyclic) bond motifs is 1. The van der Waals surface area contributed by atoms with Crippen LogP contribution in [0.5, 0.6) is 11.5 Å². The quantitative estimate of drug-likeness (QED) is 0.509. The first-order valence-electron chi connectivity index (χ1n) is 9.52. The molecule has 0 bridgehead atoms. The molecule has 32 heavy (non-hydrogen) atoms. The van der Waals surface area contributed by atoms with Crippen LogP contribution < -0.4 is 14.8 Å². The van der Waals surface area contributed by atoms with Gasteiger partial charge in [-0.2, -0.15) is 4.68 Å². The van der Waals surface area contributed by atoms with E-state index in [1.54, 1.807) is 37.3 Å². The summed E-state index contributed by atoms with van der Waals surface area (Å²) in [5.41, 5.74) is 1.98. The number of tetrazole rings is 1. The Balaban J connectivity index is 1.75. The highest BCUT2D eigenvalue weighted by Crippen LogP contribution is 2.42. The van der Waals surface area contributed by atoms with Crippen molar-refractivity contribution in [2.45, 2.75) is 19.6 Å². The summed E-state index contributed by atoms with van der Waals surface area (Å²) in [6.07, 6.45) is 0. The smallest absolute Gasteiger partial charge is 0.338 e. The molecule has 1 aliphatic heterocycles. The number of ether oxygens (including phenoxy) is 3. The number of nitrogens with one attached hydrogen (secondary N) is 1. The molecule has 1 aromatic heterocycles. The number of hydrogen-bond donors (Lipinski definition) is 1. The summed E-state index contributed by atoms with van der Waals surface area (Å²) in [5.74, 6) is 0.293. The van der Waals surface area contributed by atoms with Gasteiger partial charge in [-0.3, -0.25) is 0 Å². The highest BCUT2D eigenvalue weighted by Gasteiger charge is 2.35. The third-order valence-electron chi connectivity index (χ3n) is 5.02. The summed E-state index contributed by atoms with van der Waals surface area (Å²) in [5, 5.41) is 14.7. The Morgan fingerprint density at radius 2 is 2.06 bits per heavy atom. The first kappa shape index (κ1) is 21.8. The van der Waals surface area contributed by atoms with Gasteiger partial charge in [0.05, 0.1) is 24.3 Å². The maximum absolute atomic E-state index is 14.0. The van der Waals surface area contributed by atoms with Crippen LogP contribution in [0.1, 0.15) is 24.1 Å². The number of rotatable bonds is 6. The number of halogens is 2. The summed E-state index contributed by atoms with van der Waals surface area (Å²) in [7, 11) is 2.81. The van der Waals surface area contributed by atoms with E-state index in [0.29, 0.717) is 44.3 Å². The second-order valence-corrected chi connectivity index (χ2v) is 7.77. The highest BCUT2D eigenvalue weighted by atomic mass is 79.9. The van der Waals surface area contributed by atoms with Crippen molar-refractivity contribution in [3.8, 4) is 11.5 Å². The molecule has 4 rings (SSSR count). The lowest BCUT2D eigenvalue weighted by Crippen LogP contribution is -2.29. The van der Waals surface area contributed by atoms with Crippen LogP contribution in [-0.4, -0.2) is 40.4 Å². The Morgan fingerprint density at radius 1 is 1.28 bits per heavy atom. The van der Waals surface area contributed by atoms with E-state index >= 15 is 0 Å². The molecule has 1 N–H and O–H groups in total.